The summed E-state index contributed by atoms with van der Waals surface area (Å²) >= 11 is 5.73. The number of carbonyl (C=O) groups excluding carboxylic acids is 1. The lowest BCUT2D eigenvalue weighted by Crippen LogP contribution is -2.62. The standard InChI is InChI=1S/C44H58FN9O15P2SSi2/c1-24(2)73(59,25(3)4)69-74(26(5)6,27(7)8)68-33-30-18-62-71(58,72)67-36-35-43(54-23-51-32-37(47-21-49-39(32)54)52-40(55)28-13-10-9-11-14-28)65-44(36,19-60-35)20-63-70(57,61-16-12-15-46)66-34(33)42(64-30)53-17-29(45)31-38(53)48-22-50-41(31)56/h9-11,13-14,17,21-27,30,33-36,42-43,59H,12,16,18-20H2,1-8H3,(H,58,72)(H,48,50,56)(H,47,49,52,55)/t30-,33-,34-,35-,36+,42-,43-,44-,70?,71?/m1/s1. The molecule has 30 heteroatoms. The molecular formula is C44H58FN9O15P2SSi2. The number of phosphoric ester groups is 1. The Balaban J connectivity index is 1.13. The van der Waals surface area contributed by atoms with Gasteiger partial charge in [-0.3, -0.25) is 32.3 Å². The molecule has 0 aliphatic carbocycles. The number of phosphoric acid groups is 1. The summed E-state index contributed by atoms with van der Waals surface area (Å²) in [6.07, 6.45) is -5.18. The summed E-state index contributed by atoms with van der Waals surface area (Å²) in [7, 11) is -12.5. The van der Waals surface area contributed by atoms with Gasteiger partial charge in [0.1, 0.15) is 47.8 Å². The minimum atomic E-state index is -5.05. The molecule has 10 atom stereocenters. The summed E-state index contributed by atoms with van der Waals surface area (Å²) in [5, 5.41) is 12.0. The highest BCUT2D eigenvalue weighted by atomic mass is 32.5. The molecular weight excluding hydrogens is 1060 g/mol. The number of nitrogens with one attached hydrogen (secondary N) is 2. The molecule has 4 aliphatic rings. The first kappa shape index (κ1) is 54.7. The molecule has 2 unspecified atom stereocenters. The number of fused-ring (bicyclic) bond motifs is 4. The highest BCUT2D eigenvalue weighted by Gasteiger charge is 2.67. The number of ether oxygens (including phenoxy) is 3. The maximum absolute atomic E-state index is 15.9. The van der Waals surface area contributed by atoms with Crippen molar-refractivity contribution >= 4 is 77.4 Å². The van der Waals surface area contributed by atoms with Crippen molar-refractivity contribution in [3.05, 3.63) is 77.2 Å². The third-order valence-corrected chi connectivity index (χ3v) is 26.5. The van der Waals surface area contributed by atoms with Crippen LogP contribution in [0.1, 0.15) is 84.6 Å². The Kier molecular flexibility index (Phi) is 15.6. The second kappa shape index (κ2) is 21.0. The van der Waals surface area contributed by atoms with Crippen LogP contribution in [0.4, 0.5) is 10.2 Å². The molecule has 4 saturated heterocycles. The number of imidazole rings is 1. The van der Waals surface area contributed by atoms with Crippen LogP contribution in [0.15, 0.2) is 60.3 Å². The molecule has 4 N–H and O–H groups in total. The van der Waals surface area contributed by atoms with E-state index in [9.17, 15) is 24.5 Å². The lowest BCUT2D eigenvalue weighted by atomic mass is 10.0. The van der Waals surface area contributed by atoms with Gasteiger partial charge in [-0.25, -0.2) is 28.9 Å². The van der Waals surface area contributed by atoms with Crippen molar-refractivity contribution in [1.29, 1.82) is 5.26 Å². The predicted molar refractivity (Wildman–Crippen MR) is 269 cm³/mol. The Hall–Kier alpha value is -4.09. The summed E-state index contributed by atoms with van der Waals surface area (Å²) in [6, 6.07) is 10.4. The van der Waals surface area contributed by atoms with Gasteiger partial charge in [0.2, 0.25) is 0 Å². The molecule has 4 fully saturated rings. The van der Waals surface area contributed by atoms with Gasteiger partial charge >= 0.3 is 31.7 Å². The van der Waals surface area contributed by atoms with Crippen LogP contribution in [0.25, 0.3) is 22.2 Å². The molecule has 9 rings (SSSR count). The van der Waals surface area contributed by atoms with E-state index >= 15 is 8.96 Å². The molecule has 1 amide bonds. The largest absolute Gasteiger partial charge is 0.475 e. The minimum Gasteiger partial charge on any atom is -0.414 e. The number of H-pyrrole nitrogens is 1. The number of aromatic nitrogens is 7. The van der Waals surface area contributed by atoms with Crippen molar-refractivity contribution in [2.45, 2.75) is 133 Å². The molecule has 400 valence electrons. The minimum absolute atomic E-state index is 0.0976. The summed E-state index contributed by atoms with van der Waals surface area (Å²) in [5.74, 6) is -1.33. The van der Waals surface area contributed by atoms with Crippen molar-refractivity contribution in [2.24, 2.45) is 0 Å². The van der Waals surface area contributed by atoms with Gasteiger partial charge in [0.15, 0.2) is 40.9 Å². The molecule has 4 aromatic heterocycles. The highest BCUT2D eigenvalue weighted by Crippen LogP contribution is 2.61. The second-order valence-electron chi connectivity index (χ2n) is 19.7. The van der Waals surface area contributed by atoms with Gasteiger partial charge in [-0.2, -0.15) is 5.26 Å². The number of carbonyl (C=O) groups is 1. The Morgan fingerprint density at radius 1 is 1.00 bits per heavy atom. The Morgan fingerprint density at radius 2 is 1.73 bits per heavy atom. The average molecular weight is 1120 g/mol. The van der Waals surface area contributed by atoms with Gasteiger partial charge in [-0.15, -0.1) is 0 Å². The van der Waals surface area contributed by atoms with E-state index < -0.39 is 123 Å². The SMILES string of the molecule is CC(C)[Si](O)(O[Si](O[C@H]1[C@H]2OP(=O)(OCCC#N)OC[C@@]34CO[C@@H]([C@H](n5cnc6c(NC(=O)c7ccccc7)ncnc65)O3)[C@@H]4OP(O)(=S)OC[C@H]1O[C@H]2n1cc(F)c2c(=O)[nH]cnc21)(C(C)C)C(C)C)C(C)C. The fourth-order valence-electron chi connectivity index (χ4n) is 9.89. The Morgan fingerprint density at radius 3 is 2.42 bits per heavy atom. The molecule has 0 radical (unpaired) electrons. The molecule has 74 heavy (non-hydrogen) atoms. The van der Waals surface area contributed by atoms with E-state index in [1.54, 1.807) is 30.3 Å². The van der Waals surface area contributed by atoms with Crippen LogP contribution in [0, 0.1) is 17.1 Å². The van der Waals surface area contributed by atoms with Crippen molar-refractivity contribution in [3.63, 3.8) is 0 Å². The number of benzene rings is 1. The van der Waals surface area contributed by atoms with Crippen LogP contribution < -0.4 is 10.9 Å². The van der Waals surface area contributed by atoms with Crippen LogP contribution >= 0.6 is 14.5 Å². The Bertz CT molecular complexity index is 3080. The second-order valence-corrected chi connectivity index (χ2v) is 32.7. The fourth-order valence-corrected chi connectivity index (χ4v) is 22.7. The van der Waals surface area contributed by atoms with Crippen LogP contribution in [0.2, 0.25) is 22.2 Å². The average Bonchev–Trinajstić information content (AvgIpc) is 4.17. The van der Waals surface area contributed by atoms with E-state index in [2.05, 4.69) is 30.2 Å². The quantitative estimate of drug-likeness (QED) is 0.0493. The van der Waals surface area contributed by atoms with Gasteiger partial charge in [0.25, 0.3) is 11.5 Å². The normalized spacial score (nSPS) is 29.7. The van der Waals surface area contributed by atoms with Crippen LogP contribution in [-0.2, 0) is 61.7 Å². The first-order chi connectivity index (χ1) is 35.1. The lowest BCUT2D eigenvalue weighted by molar-refractivity contribution is -0.184. The van der Waals surface area contributed by atoms with Crippen molar-refractivity contribution in [1.82, 2.24) is 34.1 Å². The molecule has 24 nitrogen and oxygen atoms in total. The Labute approximate surface area is 431 Å². The smallest absolute Gasteiger partial charge is 0.414 e. The number of nitriles is 1. The molecule has 1 aromatic carbocycles. The maximum atomic E-state index is 15.9. The van der Waals surface area contributed by atoms with E-state index in [1.807, 2.05) is 61.5 Å². The van der Waals surface area contributed by atoms with Crippen LogP contribution in [-0.4, -0.2) is 129 Å². The number of hydrogen-bond donors (Lipinski definition) is 4. The summed E-state index contributed by atoms with van der Waals surface area (Å²) in [5.41, 5.74) is -3.36. The molecule has 8 heterocycles. The van der Waals surface area contributed by atoms with Gasteiger partial charge in [0.05, 0.1) is 51.6 Å². The zero-order valence-corrected chi connectivity index (χ0v) is 46.2. The zero-order chi connectivity index (χ0) is 53.1. The molecule has 4 aliphatic heterocycles. The van der Waals surface area contributed by atoms with E-state index in [4.69, 9.17) is 57.2 Å². The third kappa shape index (κ3) is 10.1. The van der Waals surface area contributed by atoms with Crippen molar-refractivity contribution in [2.75, 3.05) is 31.7 Å². The zero-order valence-electron chi connectivity index (χ0n) is 41.6. The van der Waals surface area contributed by atoms with Crippen molar-refractivity contribution < 1.29 is 68.8 Å². The van der Waals surface area contributed by atoms with E-state index in [0.717, 1.165) is 12.5 Å². The number of anilines is 1. The molecule has 0 spiro atoms. The van der Waals surface area contributed by atoms with E-state index in [1.165, 1.54) is 21.8 Å². The first-order valence-electron chi connectivity index (χ1n) is 24.0. The van der Waals surface area contributed by atoms with Crippen LogP contribution in [0.5, 0.6) is 0 Å². The first-order valence-corrected chi connectivity index (χ1v) is 32.0. The topological polar surface area (TPSA) is 297 Å². The van der Waals surface area contributed by atoms with Gasteiger partial charge in [-0.05, 0) is 46.1 Å². The van der Waals surface area contributed by atoms with Crippen molar-refractivity contribution in [3.8, 4) is 6.07 Å². The van der Waals surface area contributed by atoms with E-state index in [0.29, 0.717) is 5.56 Å². The van der Waals surface area contributed by atoms with Crippen LogP contribution in [0.3, 0.4) is 0 Å². The number of halogens is 1. The number of amides is 1. The number of hydrogen-bond acceptors (Lipinski definition) is 20. The highest BCUT2D eigenvalue weighted by molar-refractivity contribution is 8.07. The molecule has 5 aromatic rings. The fraction of sp³-hybridized carbons (Fsp3) is 0.568. The molecule has 0 saturated carbocycles. The summed E-state index contributed by atoms with van der Waals surface area (Å²) in [6.45, 7) is 8.61. The maximum Gasteiger partial charge on any atom is 0.475 e. The van der Waals surface area contributed by atoms with Gasteiger partial charge in [-0.1, -0.05) is 73.6 Å². The summed E-state index contributed by atoms with van der Waals surface area (Å²) < 4.78 is 99.7. The van der Waals surface area contributed by atoms with Gasteiger partial charge < -0.3 is 51.8 Å². The third-order valence-electron chi connectivity index (χ3n) is 13.7. The number of rotatable bonds is 15. The number of aromatic amines is 1. The van der Waals surface area contributed by atoms with Gasteiger partial charge in [0, 0.05) is 11.8 Å². The monoisotopic (exact) mass is 1120 g/mol. The molecule has 4 bridgehead atoms. The summed E-state index contributed by atoms with van der Waals surface area (Å²) in [4.78, 5) is 70.6. The lowest BCUT2D eigenvalue weighted by Gasteiger charge is -2.47. The number of nitrogens with zero attached hydrogens (tertiary/aromatic N) is 7. The van der Waals surface area contributed by atoms with E-state index in [-0.39, 0.29) is 57.8 Å². The predicted octanol–water partition coefficient (Wildman–Crippen LogP) is 6.51.